The summed E-state index contributed by atoms with van der Waals surface area (Å²) in [5.41, 5.74) is 7.88. The Hall–Kier alpha value is -2.85. The van der Waals surface area contributed by atoms with Crippen molar-refractivity contribution in [3.63, 3.8) is 0 Å². The van der Waals surface area contributed by atoms with E-state index in [4.69, 9.17) is 14.6 Å². The number of oxazole rings is 2. The van der Waals surface area contributed by atoms with Gasteiger partial charge in [-0.1, -0.05) is 36.4 Å². The molecule has 0 spiro atoms. The predicted molar refractivity (Wildman–Crippen MR) is 131 cm³/mol. The quantitative estimate of drug-likeness (QED) is 0.340. The maximum absolute atomic E-state index is 12.9. The van der Waals surface area contributed by atoms with E-state index in [-0.39, 0.29) is 28.4 Å². The Labute approximate surface area is 202 Å². The Kier molecular flexibility index (Phi) is 4.98. The molecule has 0 aliphatic carbocycles. The van der Waals surface area contributed by atoms with Crippen molar-refractivity contribution in [2.45, 2.75) is 5.92 Å². The van der Waals surface area contributed by atoms with Crippen LogP contribution in [0.1, 0.15) is 22.7 Å². The summed E-state index contributed by atoms with van der Waals surface area (Å²) < 4.78 is 14.7. The van der Waals surface area contributed by atoms with Crippen LogP contribution in [0, 0.1) is 18.5 Å². The maximum atomic E-state index is 12.9. The minimum atomic E-state index is -0.577. The van der Waals surface area contributed by atoms with Crippen LogP contribution in [0.25, 0.3) is 17.5 Å². The number of nitrogens with two attached hydrogens (primary N) is 1. The molecule has 1 aliphatic rings. The second-order valence-corrected chi connectivity index (χ2v) is 9.13. The number of rotatable bonds is 2. The van der Waals surface area contributed by atoms with Crippen LogP contribution in [0.3, 0.4) is 0 Å². The summed E-state index contributed by atoms with van der Waals surface area (Å²) in [5.74, 6) is -0.288. The fraction of sp³-hybridized carbons (Fsp3) is 0.0455. The van der Waals surface area contributed by atoms with Crippen molar-refractivity contribution in [3.05, 3.63) is 93.8 Å². The minimum absolute atomic E-state index is 0.0486. The van der Waals surface area contributed by atoms with E-state index in [1.807, 2.05) is 48.5 Å². The first-order valence-electron chi connectivity index (χ1n) is 9.13. The molecule has 0 bridgehead atoms. The van der Waals surface area contributed by atoms with Gasteiger partial charge in [0, 0.05) is 7.14 Å². The molecule has 1 aliphatic heterocycles. The summed E-state index contributed by atoms with van der Waals surface area (Å²) in [6.45, 7) is 0. The predicted octanol–water partition coefficient (Wildman–Crippen LogP) is 2.86. The zero-order valence-electron chi connectivity index (χ0n) is 15.7. The molecule has 3 heterocycles. The molecule has 1 atom stereocenters. The second-order valence-electron chi connectivity index (χ2n) is 6.80. The van der Waals surface area contributed by atoms with Gasteiger partial charge in [0.25, 0.3) is 6.01 Å². The monoisotopic (exact) mass is 634 g/mol. The molecule has 7 nitrogen and oxygen atoms in total. The molecule has 0 amide bonds. The number of anilines is 1. The van der Waals surface area contributed by atoms with Crippen LogP contribution < -0.4 is 22.3 Å². The third-order valence-corrected chi connectivity index (χ3v) is 6.99. The minimum Gasteiger partial charge on any atom is -0.406 e. The molecule has 5 rings (SSSR count). The molecular weight excluding hydrogens is 622 g/mol. The molecule has 0 saturated heterocycles. The summed E-state index contributed by atoms with van der Waals surface area (Å²) in [7, 11) is 0. The summed E-state index contributed by atoms with van der Waals surface area (Å²) in [5, 5.41) is 10.3. The van der Waals surface area contributed by atoms with Gasteiger partial charge in [-0.2, -0.15) is 10.2 Å². The van der Waals surface area contributed by atoms with E-state index in [2.05, 4.69) is 56.2 Å². The summed E-state index contributed by atoms with van der Waals surface area (Å²) in [6, 6.07) is 17.4. The highest BCUT2D eigenvalue weighted by molar-refractivity contribution is 14.1. The van der Waals surface area contributed by atoms with Crippen LogP contribution in [0.15, 0.2) is 62.2 Å². The third-order valence-electron chi connectivity index (χ3n) is 5.02. The van der Waals surface area contributed by atoms with Crippen LogP contribution >= 0.6 is 45.2 Å². The van der Waals surface area contributed by atoms with Gasteiger partial charge < -0.3 is 14.6 Å². The molecule has 31 heavy (non-hydrogen) atoms. The van der Waals surface area contributed by atoms with Crippen LogP contribution in [0.2, 0.25) is 0 Å². The van der Waals surface area contributed by atoms with Gasteiger partial charge in [-0.05, 0) is 74.5 Å². The molecular formula is C22H12I2N4O3. The number of halogens is 2. The molecule has 0 saturated carbocycles. The molecule has 9 heteroatoms. The topological polar surface area (TPSA) is 111 Å². The lowest BCUT2D eigenvalue weighted by molar-refractivity contribution is 0.455. The van der Waals surface area contributed by atoms with Gasteiger partial charge in [-0.25, -0.2) is 9.36 Å². The van der Waals surface area contributed by atoms with E-state index in [9.17, 15) is 10.1 Å². The average molecular weight is 634 g/mol. The third kappa shape index (κ3) is 3.21. The Bertz CT molecular complexity index is 1570. The van der Waals surface area contributed by atoms with Gasteiger partial charge in [-0.3, -0.25) is 0 Å². The number of aromatic nitrogens is 2. The van der Waals surface area contributed by atoms with E-state index >= 15 is 0 Å². The normalized spacial score (nSPS) is 15.5. The Morgan fingerprint density at radius 2 is 1.81 bits per heavy atom. The maximum Gasteiger partial charge on any atom is 0.362 e. The standard InChI is InChI=1S/C22H12I2N4O3/c23-14-7-3-1-5-11(14)9-16-21(29)30-19-13(10-25)17(12-6-2-4-8-15(12)24)18-20(28(16)19)31-22(26)27-18/h1-9,17H,(H2,26,27)/b16-9+. The van der Waals surface area contributed by atoms with Crippen molar-refractivity contribution in [2.24, 2.45) is 0 Å². The highest BCUT2D eigenvalue weighted by Crippen LogP contribution is 2.39. The fourth-order valence-corrected chi connectivity index (χ4v) is 4.94. The van der Waals surface area contributed by atoms with Gasteiger partial charge in [0.15, 0.2) is 0 Å². The van der Waals surface area contributed by atoms with Crippen molar-refractivity contribution < 1.29 is 8.83 Å². The van der Waals surface area contributed by atoms with E-state index in [0.717, 1.165) is 18.3 Å². The molecule has 2 N–H and O–H groups in total. The lowest BCUT2D eigenvalue weighted by Crippen LogP contribution is -2.35. The Balaban J connectivity index is 1.92. The van der Waals surface area contributed by atoms with Crippen LogP contribution in [-0.4, -0.2) is 9.55 Å². The first-order chi connectivity index (χ1) is 15.0. The van der Waals surface area contributed by atoms with Gasteiger partial charge >= 0.3 is 5.63 Å². The smallest absolute Gasteiger partial charge is 0.362 e. The number of fused-ring (bicyclic) bond motifs is 3. The average Bonchev–Trinajstić information content (AvgIpc) is 3.28. The largest absolute Gasteiger partial charge is 0.406 e. The van der Waals surface area contributed by atoms with E-state index in [1.165, 1.54) is 4.57 Å². The lowest BCUT2D eigenvalue weighted by Gasteiger charge is -2.20. The highest BCUT2D eigenvalue weighted by atomic mass is 127. The zero-order valence-corrected chi connectivity index (χ0v) is 20.0. The highest BCUT2D eigenvalue weighted by Gasteiger charge is 2.36. The van der Waals surface area contributed by atoms with Crippen LogP contribution in [0.4, 0.5) is 6.01 Å². The number of hydrogen-bond acceptors (Lipinski definition) is 6. The number of nitrogen functional groups attached to an aromatic ring is 1. The van der Waals surface area contributed by atoms with Crippen molar-refractivity contribution in [1.29, 1.82) is 5.26 Å². The summed E-state index contributed by atoms with van der Waals surface area (Å²) in [6.07, 6.45) is 1.71. The first kappa shape index (κ1) is 20.1. The van der Waals surface area contributed by atoms with Crippen molar-refractivity contribution in [3.8, 4) is 12.0 Å². The van der Waals surface area contributed by atoms with E-state index in [0.29, 0.717) is 5.69 Å². The molecule has 4 aromatic rings. The van der Waals surface area contributed by atoms with Crippen molar-refractivity contribution >= 4 is 62.8 Å². The Morgan fingerprint density at radius 3 is 2.52 bits per heavy atom. The molecule has 0 radical (unpaired) electrons. The summed E-state index contributed by atoms with van der Waals surface area (Å²) in [4.78, 5) is 17.2. The summed E-state index contributed by atoms with van der Waals surface area (Å²) >= 11 is 4.40. The fourth-order valence-electron chi connectivity index (χ4n) is 3.70. The Morgan fingerprint density at radius 1 is 1.10 bits per heavy atom. The van der Waals surface area contributed by atoms with Gasteiger partial charge in [0.1, 0.15) is 22.7 Å². The molecule has 1 unspecified atom stereocenters. The molecule has 0 fully saturated rings. The number of nitrogens with zero attached hydrogens (tertiary/aromatic N) is 3. The van der Waals surface area contributed by atoms with Crippen molar-refractivity contribution in [1.82, 2.24) is 9.55 Å². The lowest BCUT2D eigenvalue weighted by atomic mass is 9.88. The van der Waals surface area contributed by atoms with Gasteiger partial charge in [0.05, 0.1) is 5.92 Å². The number of hydrogen-bond donors (Lipinski definition) is 1. The number of benzene rings is 2. The zero-order chi connectivity index (χ0) is 21.7. The number of nitriles is 1. The van der Waals surface area contributed by atoms with Gasteiger partial charge in [0.2, 0.25) is 11.4 Å². The van der Waals surface area contributed by atoms with E-state index < -0.39 is 11.5 Å². The molecule has 152 valence electrons. The molecule has 2 aromatic carbocycles. The van der Waals surface area contributed by atoms with Crippen LogP contribution in [0.5, 0.6) is 0 Å². The SMILES string of the molecule is N#CC1=c2oc(=O)/c(=C\c3ccccc3I)n2-c2oc(N)nc2C1c1ccccc1I. The van der Waals surface area contributed by atoms with Crippen LogP contribution in [-0.2, 0) is 0 Å². The first-order valence-corrected chi connectivity index (χ1v) is 11.3. The van der Waals surface area contributed by atoms with E-state index in [1.54, 1.807) is 6.08 Å². The second kappa shape index (κ2) is 7.69. The van der Waals surface area contributed by atoms with Gasteiger partial charge in [-0.15, -0.1) is 0 Å². The van der Waals surface area contributed by atoms with Crippen molar-refractivity contribution in [2.75, 3.05) is 5.73 Å². The molecule has 2 aromatic heterocycles.